The van der Waals surface area contributed by atoms with E-state index < -0.39 is 0 Å². The SMILES string of the molecule is C/C(=C\C=C(/N)c1cccc(-c2cccc(-c3cccc(-c4ccc(C(C)(C)c5ccccc5)cc4)c3)c2)c1)c1ccccc1. The number of nitrogens with two attached hydrogens (primary N) is 1. The quantitative estimate of drug-likeness (QED) is 0.178. The van der Waals surface area contributed by atoms with Gasteiger partial charge in [-0.05, 0) is 92.4 Å². The summed E-state index contributed by atoms with van der Waals surface area (Å²) in [6, 6.07) is 56.1. The first-order valence-electron chi connectivity index (χ1n) is 15.6. The Labute approximate surface area is 268 Å². The van der Waals surface area contributed by atoms with Crippen LogP contribution in [0.2, 0.25) is 0 Å². The summed E-state index contributed by atoms with van der Waals surface area (Å²) in [5.74, 6) is 0. The van der Waals surface area contributed by atoms with Gasteiger partial charge in [0.05, 0.1) is 0 Å². The Kier molecular flexibility index (Phi) is 8.62. The standard InChI is InChI=1S/C44H39N/c1-32(33-13-6-4-7-14-33)23-28-43(45)40-20-12-19-39(31-40)38-18-11-17-37(30-38)36-16-10-15-35(29-36)34-24-26-42(27-25-34)44(2,3)41-21-8-5-9-22-41/h4-31H,45H2,1-3H3/b32-23+,43-28-. The fourth-order valence-electron chi connectivity index (χ4n) is 5.84. The van der Waals surface area contributed by atoms with Crippen molar-refractivity contribution in [1.29, 1.82) is 0 Å². The lowest BCUT2D eigenvalue weighted by molar-refractivity contribution is 0.641. The normalized spacial score (nSPS) is 12.2. The van der Waals surface area contributed by atoms with Crippen LogP contribution in [0.15, 0.2) is 170 Å². The molecule has 220 valence electrons. The Bertz CT molecular complexity index is 1960. The summed E-state index contributed by atoms with van der Waals surface area (Å²) in [4.78, 5) is 0. The highest BCUT2D eigenvalue weighted by molar-refractivity contribution is 5.79. The van der Waals surface area contributed by atoms with Crippen LogP contribution in [0.25, 0.3) is 44.7 Å². The summed E-state index contributed by atoms with van der Waals surface area (Å²) in [5.41, 5.74) is 20.3. The van der Waals surface area contributed by atoms with Crippen LogP contribution in [0.1, 0.15) is 43.0 Å². The molecule has 0 radical (unpaired) electrons. The van der Waals surface area contributed by atoms with Crippen molar-refractivity contribution in [3.63, 3.8) is 0 Å². The molecular formula is C44H39N. The first-order valence-corrected chi connectivity index (χ1v) is 15.6. The molecule has 0 aliphatic heterocycles. The lowest BCUT2D eigenvalue weighted by Crippen LogP contribution is -2.18. The van der Waals surface area contributed by atoms with E-state index in [1.807, 2.05) is 12.1 Å². The fraction of sp³-hybridized carbons (Fsp3) is 0.0909. The van der Waals surface area contributed by atoms with E-state index in [4.69, 9.17) is 5.73 Å². The van der Waals surface area contributed by atoms with Crippen molar-refractivity contribution >= 4 is 11.3 Å². The van der Waals surface area contributed by atoms with Crippen LogP contribution in [0.3, 0.4) is 0 Å². The van der Waals surface area contributed by atoms with Crippen LogP contribution in [0.5, 0.6) is 0 Å². The van der Waals surface area contributed by atoms with E-state index in [2.05, 4.69) is 179 Å². The van der Waals surface area contributed by atoms with Gasteiger partial charge in [-0.15, -0.1) is 0 Å². The van der Waals surface area contributed by atoms with Crippen LogP contribution < -0.4 is 5.73 Å². The topological polar surface area (TPSA) is 26.0 Å². The zero-order valence-corrected chi connectivity index (χ0v) is 26.2. The van der Waals surface area contributed by atoms with Crippen molar-refractivity contribution in [2.45, 2.75) is 26.2 Å². The molecule has 0 atom stereocenters. The molecule has 1 heteroatoms. The Hall–Kier alpha value is -5.40. The number of rotatable bonds is 8. The minimum absolute atomic E-state index is 0.0579. The number of hydrogen-bond donors (Lipinski definition) is 1. The third kappa shape index (κ3) is 6.74. The molecule has 6 aromatic carbocycles. The zero-order valence-electron chi connectivity index (χ0n) is 26.2. The van der Waals surface area contributed by atoms with Gasteiger partial charge >= 0.3 is 0 Å². The summed E-state index contributed by atoms with van der Waals surface area (Å²) in [6.45, 7) is 6.68. The largest absolute Gasteiger partial charge is 0.398 e. The van der Waals surface area contributed by atoms with Crippen molar-refractivity contribution in [3.8, 4) is 33.4 Å². The third-order valence-corrected chi connectivity index (χ3v) is 8.77. The van der Waals surface area contributed by atoms with Crippen molar-refractivity contribution in [2.75, 3.05) is 0 Å². The summed E-state index contributed by atoms with van der Waals surface area (Å²) >= 11 is 0. The second-order valence-electron chi connectivity index (χ2n) is 12.1. The third-order valence-electron chi connectivity index (χ3n) is 8.77. The minimum Gasteiger partial charge on any atom is -0.398 e. The molecule has 0 bridgehead atoms. The molecule has 0 saturated carbocycles. The molecule has 0 spiro atoms. The van der Waals surface area contributed by atoms with E-state index >= 15 is 0 Å². The minimum atomic E-state index is -0.0579. The average Bonchev–Trinajstić information content (AvgIpc) is 3.11. The predicted octanol–water partition coefficient (Wildman–Crippen LogP) is 11.4. The zero-order chi connectivity index (χ0) is 31.2. The maximum Gasteiger partial charge on any atom is 0.0387 e. The molecule has 45 heavy (non-hydrogen) atoms. The maximum atomic E-state index is 6.54. The van der Waals surface area contributed by atoms with Crippen LogP contribution in [0.4, 0.5) is 0 Å². The lowest BCUT2D eigenvalue weighted by atomic mass is 9.78. The van der Waals surface area contributed by atoms with E-state index in [9.17, 15) is 0 Å². The summed E-state index contributed by atoms with van der Waals surface area (Å²) in [5, 5.41) is 0. The molecular weight excluding hydrogens is 542 g/mol. The van der Waals surface area contributed by atoms with Crippen LogP contribution in [-0.2, 0) is 5.41 Å². The summed E-state index contributed by atoms with van der Waals surface area (Å²) < 4.78 is 0. The van der Waals surface area contributed by atoms with Gasteiger partial charge in [0.15, 0.2) is 0 Å². The average molecular weight is 582 g/mol. The Morgan fingerprint density at radius 2 is 0.889 bits per heavy atom. The van der Waals surface area contributed by atoms with E-state index in [0.29, 0.717) is 0 Å². The van der Waals surface area contributed by atoms with Crippen LogP contribution in [0, 0.1) is 0 Å². The first kappa shape index (κ1) is 29.7. The molecule has 0 aliphatic carbocycles. The second-order valence-corrected chi connectivity index (χ2v) is 12.1. The Morgan fingerprint density at radius 3 is 1.47 bits per heavy atom. The number of allylic oxidation sites excluding steroid dienone is 3. The molecule has 0 aliphatic rings. The molecule has 0 heterocycles. The Morgan fingerprint density at radius 1 is 0.444 bits per heavy atom. The van der Waals surface area contributed by atoms with Gasteiger partial charge in [0.25, 0.3) is 0 Å². The van der Waals surface area contributed by atoms with E-state index in [1.165, 1.54) is 44.5 Å². The fourth-order valence-corrected chi connectivity index (χ4v) is 5.84. The van der Waals surface area contributed by atoms with Gasteiger partial charge in [0, 0.05) is 11.1 Å². The van der Waals surface area contributed by atoms with Crippen LogP contribution in [-0.4, -0.2) is 0 Å². The van der Waals surface area contributed by atoms with E-state index in [1.54, 1.807) is 0 Å². The van der Waals surface area contributed by atoms with Crippen molar-refractivity contribution in [3.05, 3.63) is 192 Å². The molecule has 0 saturated heterocycles. The van der Waals surface area contributed by atoms with Gasteiger partial charge in [-0.2, -0.15) is 0 Å². The monoisotopic (exact) mass is 581 g/mol. The van der Waals surface area contributed by atoms with E-state index in [-0.39, 0.29) is 5.41 Å². The van der Waals surface area contributed by atoms with Crippen LogP contribution >= 0.6 is 0 Å². The molecule has 6 aromatic rings. The van der Waals surface area contributed by atoms with Gasteiger partial charge in [-0.3, -0.25) is 0 Å². The molecule has 0 fully saturated rings. The van der Waals surface area contributed by atoms with Gasteiger partial charge < -0.3 is 5.73 Å². The molecule has 0 unspecified atom stereocenters. The second kappa shape index (κ2) is 13.1. The molecule has 0 aromatic heterocycles. The highest BCUT2D eigenvalue weighted by atomic mass is 14.6. The summed E-state index contributed by atoms with van der Waals surface area (Å²) in [7, 11) is 0. The highest BCUT2D eigenvalue weighted by Gasteiger charge is 2.22. The van der Waals surface area contributed by atoms with Gasteiger partial charge in [-0.25, -0.2) is 0 Å². The lowest BCUT2D eigenvalue weighted by Gasteiger charge is -2.26. The maximum absolute atomic E-state index is 6.54. The van der Waals surface area contributed by atoms with Crippen molar-refractivity contribution in [1.82, 2.24) is 0 Å². The number of benzene rings is 6. The van der Waals surface area contributed by atoms with Gasteiger partial charge in [0.2, 0.25) is 0 Å². The van der Waals surface area contributed by atoms with Crippen molar-refractivity contribution < 1.29 is 0 Å². The van der Waals surface area contributed by atoms with Crippen molar-refractivity contribution in [2.24, 2.45) is 5.73 Å². The highest BCUT2D eigenvalue weighted by Crippen LogP contribution is 2.34. The molecule has 0 amide bonds. The molecule has 1 nitrogen and oxygen atoms in total. The van der Waals surface area contributed by atoms with Gasteiger partial charge in [-0.1, -0.05) is 159 Å². The Balaban J connectivity index is 1.23. The summed E-state index contributed by atoms with van der Waals surface area (Å²) in [6.07, 6.45) is 4.08. The predicted molar refractivity (Wildman–Crippen MR) is 194 cm³/mol. The molecule has 2 N–H and O–H groups in total. The first-order chi connectivity index (χ1) is 21.9. The van der Waals surface area contributed by atoms with Gasteiger partial charge in [0.1, 0.15) is 0 Å². The van der Waals surface area contributed by atoms with E-state index in [0.717, 1.165) is 22.4 Å². The molecule has 6 rings (SSSR count). The number of hydrogen-bond acceptors (Lipinski definition) is 1. The smallest absolute Gasteiger partial charge is 0.0387 e.